The van der Waals surface area contributed by atoms with E-state index >= 15 is 0 Å². The molecule has 0 bridgehead atoms. The zero-order chi connectivity index (χ0) is 10.3. The van der Waals surface area contributed by atoms with E-state index in [1.165, 1.54) is 6.07 Å². The maximum Gasteiger partial charge on any atom is 0.286 e. The zero-order valence-electron chi connectivity index (χ0n) is 7.28. The fourth-order valence-corrected chi connectivity index (χ4v) is 2.77. The van der Waals surface area contributed by atoms with Crippen molar-refractivity contribution in [3.05, 3.63) is 22.7 Å². The van der Waals surface area contributed by atoms with Gasteiger partial charge in [-0.3, -0.25) is 0 Å². The third kappa shape index (κ3) is 1.55. The van der Waals surface area contributed by atoms with Crippen molar-refractivity contribution in [2.45, 2.75) is 11.8 Å². The second kappa shape index (κ2) is 3.06. The highest BCUT2D eigenvalue weighted by Gasteiger charge is 2.22. The van der Waals surface area contributed by atoms with Gasteiger partial charge >= 0.3 is 0 Å². The van der Waals surface area contributed by atoms with Gasteiger partial charge in [0.25, 0.3) is 10.0 Å². The molecule has 0 aromatic heterocycles. The average Bonchev–Trinajstić information content (AvgIpc) is 2.00. The number of nitrogens with zero attached hydrogens (tertiary/aromatic N) is 1. The van der Waals surface area contributed by atoms with Crippen LogP contribution in [0.25, 0.3) is 0 Å². The van der Waals surface area contributed by atoms with Crippen molar-refractivity contribution in [3.8, 4) is 0 Å². The van der Waals surface area contributed by atoms with Gasteiger partial charge in [0.15, 0.2) is 0 Å². The first-order chi connectivity index (χ1) is 6.49. The molecule has 6 heteroatoms. The Morgan fingerprint density at radius 1 is 1.43 bits per heavy atom. The fourth-order valence-electron chi connectivity index (χ4n) is 1.27. The van der Waals surface area contributed by atoms with E-state index in [2.05, 4.69) is 25.6 Å². The minimum atomic E-state index is -3.50. The molecule has 74 valence electrons. The summed E-state index contributed by atoms with van der Waals surface area (Å²) < 4.78 is 27.5. The second-order valence-electron chi connectivity index (χ2n) is 2.92. The number of hydrogen-bond donors (Lipinski definition) is 1. The van der Waals surface area contributed by atoms with Gasteiger partial charge in [0.2, 0.25) is 0 Å². The van der Waals surface area contributed by atoms with Gasteiger partial charge in [0, 0.05) is 4.47 Å². The molecule has 2 rings (SSSR count). The van der Waals surface area contributed by atoms with Crippen molar-refractivity contribution in [1.82, 2.24) is 0 Å². The second-order valence-corrected chi connectivity index (χ2v) is 5.41. The van der Waals surface area contributed by atoms with Crippen LogP contribution in [0.1, 0.15) is 6.92 Å². The van der Waals surface area contributed by atoms with Crippen molar-refractivity contribution in [2.75, 3.05) is 5.32 Å². The van der Waals surface area contributed by atoms with E-state index in [-0.39, 0.29) is 4.90 Å². The number of fused-ring (bicyclic) bond motifs is 1. The minimum absolute atomic E-state index is 0.214. The lowest BCUT2D eigenvalue weighted by molar-refractivity contribution is 0.598. The molecule has 1 aromatic rings. The molecule has 1 aliphatic heterocycles. The maximum absolute atomic E-state index is 11.6. The van der Waals surface area contributed by atoms with Crippen molar-refractivity contribution >= 4 is 37.5 Å². The zero-order valence-corrected chi connectivity index (χ0v) is 9.68. The van der Waals surface area contributed by atoms with E-state index in [1.807, 2.05) is 0 Å². The van der Waals surface area contributed by atoms with Crippen molar-refractivity contribution < 1.29 is 8.42 Å². The van der Waals surface area contributed by atoms with Gasteiger partial charge in [0.1, 0.15) is 10.7 Å². The fraction of sp³-hybridized carbons (Fsp3) is 0.125. The molecule has 1 heterocycles. The van der Waals surface area contributed by atoms with E-state index in [0.29, 0.717) is 11.5 Å². The van der Waals surface area contributed by atoms with Crippen LogP contribution in [0.2, 0.25) is 0 Å². The first-order valence-corrected chi connectivity index (χ1v) is 6.10. The molecule has 1 N–H and O–H groups in total. The lowest BCUT2D eigenvalue weighted by Gasteiger charge is -2.15. The van der Waals surface area contributed by atoms with Gasteiger partial charge in [-0.2, -0.15) is 8.42 Å². The SMILES string of the molecule is CC1=NS(=O)(=O)c2ccc(Br)cc2N1. The summed E-state index contributed by atoms with van der Waals surface area (Å²) in [5, 5.41) is 2.90. The van der Waals surface area contributed by atoms with Gasteiger partial charge in [-0.05, 0) is 25.1 Å². The van der Waals surface area contributed by atoms with E-state index in [1.54, 1.807) is 19.1 Å². The van der Waals surface area contributed by atoms with Crippen LogP contribution in [0.3, 0.4) is 0 Å². The summed E-state index contributed by atoms with van der Waals surface area (Å²) in [6.45, 7) is 1.61. The molecule has 0 saturated heterocycles. The van der Waals surface area contributed by atoms with E-state index in [9.17, 15) is 8.42 Å². The number of halogens is 1. The molecule has 0 fully saturated rings. The van der Waals surface area contributed by atoms with E-state index in [4.69, 9.17) is 0 Å². The Bertz CT molecular complexity index is 522. The first-order valence-electron chi connectivity index (χ1n) is 3.87. The molecule has 0 unspecified atom stereocenters. The van der Waals surface area contributed by atoms with Crippen molar-refractivity contribution in [1.29, 1.82) is 0 Å². The summed E-state index contributed by atoms with van der Waals surface area (Å²) >= 11 is 3.27. The van der Waals surface area contributed by atoms with Gasteiger partial charge in [-0.15, -0.1) is 4.40 Å². The van der Waals surface area contributed by atoms with E-state index < -0.39 is 10.0 Å². The number of hydrogen-bond acceptors (Lipinski definition) is 3. The quantitative estimate of drug-likeness (QED) is 0.787. The standard InChI is InChI=1S/C8H7BrN2O2S/c1-5-10-7-4-6(9)2-3-8(7)14(12,13)11-5/h2-4H,1H3,(H,10,11). The summed E-state index contributed by atoms with van der Waals surface area (Å²) in [6, 6.07) is 4.91. The largest absolute Gasteiger partial charge is 0.342 e. The molecular weight excluding hydrogens is 268 g/mol. The molecule has 14 heavy (non-hydrogen) atoms. The van der Waals surface area contributed by atoms with Crippen LogP contribution in [0.5, 0.6) is 0 Å². The number of benzene rings is 1. The van der Waals surface area contributed by atoms with Crippen LogP contribution < -0.4 is 5.32 Å². The van der Waals surface area contributed by atoms with Crippen LogP contribution in [0.15, 0.2) is 32.0 Å². The van der Waals surface area contributed by atoms with Crippen LogP contribution in [-0.2, 0) is 10.0 Å². The molecule has 1 aromatic carbocycles. The van der Waals surface area contributed by atoms with E-state index in [0.717, 1.165) is 4.47 Å². The highest BCUT2D eigenvalue weighted by Crippen LogP contribution is 2.29. The molecule has 0 amide bonds. The van der Waals surface area contributed by atoms with Gasteiger partial charge in [0.05, 0.1) is 5.69 Å². The Balaban J connectivity index is 2.71. The first kappa shape index (κ1) is 9.67. The molecule has 1 aliphatic rings. The molecule has 0 aliphatic carbocycles. The summed E-state index contributed by atoms with van der Waals surface area (Å²) in [7, 11) is -3.50. The smallest absolute Gasteiger partial charge is 0.286 e. The third-order valence-electron chi connectivity index (χ3n) is 1.79. The predicted octanol–water partition coefficient (Wildman–Crippen LogP) is 1.98. The number of rotatable bonds is 0. The molecule has 0 spiro atoms. The Labute approximate surface area is 90.2 Å². The van der Waals surface area contributed by atoms with Crippen LogP contribution in [-0.4, -0.2) is 14.3 Å². The molecule has 0 radical (unpaired) electrons. The minimum Gasteiger partial charge on any atom is -0.342 e. The monoisotopic (exact) mass is 274 g/mol. The van der Waals surface area contributed by atoms with Gasteiger partial charge in [-0.1, -0.05) is 15.9 Å². The number of anilines is 1. The Kier molecular flexibility index (Phi) is 2.11. The summed E-state index contributed by atoms with van der Waals surface area (Å²) in [6.07, 6.45) is 0. The Hall–Kier alpha value is -0.880. The molecule has 0 atom stereocenters. The highest BCUT2D eigenvalue weighted by atomic mass is 79.9. The lowest BCUT2D eigenvalue weighted by Crippen LogP contribution is -2.18. The summed E-state index contributed by atoms with van der Waals surface area (Å²) in [4.78, 5) is 0.214. The molecule has 4 nitrogen and oxygen atoms in total. The van der Waals surface area contributed by atoms with Crippen LogP contribution in [0.4, 0.5) is 5.69 Å². The Morgan fingerprint density at radius 2 is 2.14 bits per heavy atom. The number of sulfonamides is 1. The normalized spacial score (nSPS) is 18.0. The molecule has 0 saturated carbocycles. The average molecular weight is 275 g/mol. The van der Waals surface area contributed by atoms with Crippen LogP contribution >= 0.6 is 15.9 Å². The lowest BCUT2D eigenvalue weighted by atomic mass is 10.3. The van der Waals surface area contributed by atoms with Gasteiger partial charge < -0.3 is 5.32 Å². The van der Waals surface area contributed by atoms with Crippen molar-refractivity contribution in [3.63, 3.8) is 0 Å². The predicted molar refractivity (Wildman–Crippen MR) is 58.1 cm³/mol. The third-order valence-corrected chi connectivity index (χ3v) is 3.71. The highest BCUT2D eigenvalue weighted by molar-refractivity contribution is 9.10. The maximum atomic E-state index is 11.6. The number of amidine groups is 1. The van der Waals surface area contributed by atoms with Gasteiger partial charge in [-0.25, -0.2) is 0 Å². The Morgan fingerprint density at radius 3 is 2.86 bits per heavy atom. The summed E-state index contributed by atoms with van der Waals surface area (Å²) in [5.41, 5.74) is 0.562. The number of nitrogens with one attached hydrogen (secondary N) is 1. The van der Waals surface area contributed by atoms with Crippen LogP contribution in [0, 0.1) is 0 Å². The summed E-state index contributed by atoms with van der Waals surface area (Å²) in [5.74, 6) is 0.385. The topological polar surface area (TPSA) is 58.5 Å². The molecular formula is C8H7BrN2O2S. The van der Waals surface area contributed by atoms with Crippen molar-refractivity contribution in [2.24, 2.45) is 4.40 Å².